The van der Waals surface area contributed by atoms with Crippen LogP contribution in [-0.2, 0) is 9.59 Å². The van der Waals surface area contributed by atoms with Crippen LogP contribution in [0, 0.1) is 59.2 Å². The van der Waals surface area contributed by atoms with Gasteiger partial charge in [0, 0.05) is 44.6 Å². The van der Waals surface area contributed by atoms with E-state index in [4.69, 9.17) is 11.6 Å². The number of hydrogen-bond acceptors (Lipinski definition) is 6. The Hall–Kier alpha value is -1.73. The number of aromatic nitrogens is 2. The lowest BCUT2D eigenvalue weighted by molar-refractivity contribution is -0.154. The van der Waals surface area contributed by atoms with Gasteiger partial charge in [-0.1, -0.05) is 11.6 Å². The second-order valence-electron chi connectivity index (χ2n) is 12.0. The highest BCUT2D eigenvalue weighted by Gasteiger charge is 2.83. The van der Waals surface area contributed by atoms with Gasteiger partial charge in [0.2, 0.25) is 11.8 Å². The summed E-state index contributed by atoms with van der Waals surface area (Å²) in [6.07, 6.45) is 7.56. The third-order valence-electron chi connectivity index (χ3n) is 11.0. The van der Waals surface area contributed by atoms with Gasteiger partial charge in [-0.15, -0.1) is 0 Å². The van der Waals surface area contributed by atoms with E-state index in [1.807, 2.05) is 0 Å². The zero-order chi connectivity index (χ0) is 22.7. The van der Waals surface area contributed by atoms with Crippen molar-refractivity contribution in [1.82, 2.24) is 19.8 Å². The van der Waals surface area contributed by atoms with Crippen molar-refractivity contribution in [2.24, 2.45) is 59.2 Å². The molecule has 3 heterocycles. The molecule has 8 aliphatic rings. The van der Waals surface area contributed by atoms with Crippen molar-refractivity contribution in [3.8, 4) is 0 Å². The van der Waals surface area contributed by atoms with Crippen LogP contribution in [0.15, 0.2) is 12.4 Å². The number of halogens is 1. The predicted octanol–water partition coefficient (Wildman–Crippen LogP) is 2.41. The summed E-state index contributed by atoms with van der Waals surface area (Å²) in [5, 5.41) is 0.431. The third kappa shape index (κ3) is 2.63. The fourth-order valence-corrected chi connectivity index (χ4v) is 10.2. The SMILES string of the molecule is O=C1C2CC(C(=O)N1CCCCN1CCN(c3cncc(Cl)n3)CC1)C1C2C2C3CC4C2C4C31. The Morgan fingerprint density at radius 1 is 0.794 bits per heavy atom. The van der Waals surface area contributed by atoms with Gasteiger partial charge in [-0.05, 0) is 79.6 Å². The number of likely N-dealkylation sites (tertiary alicyclic amines) is 1. The Balaban J connectivity index is 0.848. The van der Waals surface area contributed by atoms with Crippen LogP contribution in [0.25, 0.3) is 0 Å². The first-order valence-corrected chi connectivity index (χ1v) is 13.8. The molecule has 6 saturated carbocycles. The maximum absolute atomic E-state index is 13.4. The van der Waals surface area contributed by atoms with E-state index in [1.165, 1.54) is 6.42 Å². The molecule has 8 unspecified atom stereocenters. The number of hydrogen-bond donors (Lipinski definition) is 0. The Bertz CT molecular complexity index is 1020. The molecule has 0 radical (unpaired) electrons. The molecule has 1 aromatic rings. The average molecular weight is 482 g/mol. The normalized spacial score (nSPS) is 45.4. The maximum atomic E-state index is 13.4. The van der Waals surface area contributed by atoms with Crippen LogP contribution in [0.1, 0.15) is 25.7 Å². The van der Waals surface area contributed by atoms with Crippen molar-refractivity contribution >= 4 is 29.2 Å². The van der Waals surface area contributed by atoms with Crippen LogP contribution in [0.5, 0.6) is 0 Å². The molecule has 6 aliphatic carbocycles. The zero-order valence-corrected chi connectivity index (χ0v) is 20.2. The molecule has 180 valence electrons. The number of rotatable bonds is 6. The molecule has 2 aliphatic heterocycles. The summed E-state index contributed by atoms with van der Waals surface area (Å²) in [4.78, 5) is 41.7. The minimum absolute atomic E-state index is 0.160. The second-order valence-corrected chi connectivity index (χ2v) is 12.4. The van der Waals surface area contributed by atoms with Gasteiger partial charge < -0.3 is 4.90 Å². The summed E-state index contributed by atoms with van der Waals surface area (Å²) < 4.78 is 0. The molecule has 0 N–H and O–H groups in total. The Morgan fingerprint density at radius 3 is 2.03 bits per heavy atom. The van der Waals surface area contributed by atoms with Gasteiger partial charge in [0.05, 0.1) is 12.4 Å². The third-order valence-corrected chi connectivity index (χ3v) is 11.2. The van der Waals surface area contributed by atoms with Crippen molar-refractivity contribution < 1.29 is 9.59 Å². The van der Waals surface area contributed by atoms with Gasteiger partial charge in [-0.2, -0.15) is 0 Å². The topological polar surface area (TPSA) is 69.6 Å². The van der Waals surface area contributed by atoms with Gasteiger partial charge in [0.1, 0.15) is 11.0 Å². The Labute approximate surface area is 205 Å². The van der Waals surface area contributed by atoms with E-state index in [0.717, 1.165) is 93.3 Å². The molecular formula is C26H32ClN5O2. The van der Waals surface area contributed by atoms with Gasteiger partial charge >= 0.3 is 0 Å². The maximum Gasteiger partial charge on any atom is 0.232 e. The number of piperazine rings is 1. The summed E-state index contributed by atoms with van der Waals surface area (Å²) >= 11 is 5.98. The lowest BCUT2D eigenvalue weighted by Crippen LogP contribution is -2.49. The van der Waals surface area contributed by atoms with Crippen LogP contribution in [0.2, 0.25) is 5.15 Å². The van der Waals surface area contributed by atoms with E-state index in [0.29, 0.717) is 23.5 Å². The number of piperidine rings is 1. The summed E-state index contributed by atoms with van der Waals surface area (Å²) in [6.45, 7) is 5.43. The molecule has 8 fully saturated rings. The number of imide groups is 1. The quantitative estimate of drug-likeness (QED) is 0.459. The lowest BCUT2D eigenvalue weighted by atomic mass is 9.76. The van der Waals surface area contributed by atoms with Gasteiger partial charge in [0.15, 0.2) is 0 Å². The van der Waals surface area contributed by atoms with Crippen molar-refractivity contribution in [3.63, 3.8) is 0 Å². The summed E-state index contributed by atoms with van der Waals surface area (Å²) in [7, 11) is 0. The summed E-state index contributed by atoms with van der Waals surface area (Å²) in [6, 6.07) is 0. The van der Waals surface area contributed by atoms with Gasteiger partial charge in [-0.25, -0.2) is 4.98 Å². The van der Waals surface area contributed by atoms with Crippen LogP contribution >= 0.6 is 11.6 Å². The number of fused-ring (bicyclic) bond motifs is 5. The van der Waals surface area contributed by atoms with E-state index in [1.54, 1.807) is 17.3 Å². The van der Waals surface area contributed by atoms with E-state index in [-0.39, 0.29) is 23.7 Å². The minimum atomic E-state index is 0.160. The Kier molecular flexibility index (Phi) is 4.31. The molecule has 2 saturated heterocycles. The van der Waals surface area contributed by atoms with Gasteiger partial charge in [0.25, 0.3) is 0 Å². The molecule has 9 rings (SSSR count). The highest BCUT2D eigenvalue weighted by molar-refractivity contribution is 6.29. The molecule has 8 atom stereocenters. The number of carbonyl (C=O) groups is 2. The highest BCUT2D eigenvalue weighted by atomic mass is 35.5. The predicted molar refractivity (Wildman–Crippen MR) is 126 cm³/mol. The number of unbranched alkanes of at least 4 members (excludes halogenated alkanes) is 1. The van der Waals surface area contributed by atoms with E-state index in [9.17, 15) is 9.59 Å². The number of carbonyl (C=O) groups excluding carboxylic acids is 2. The first-order valence-electron chi connectivity index (χ1n) is 13.4. The standard InChI is InChI=1S/C26H32ClN5O2/c27-17-11-28-12-18(29-17)31-7-5-30(6-8-31)3-1-2-4-32-25(33)15-10-16(26(32)34)24-22-14-9-13-19(20(13)22)21(14)23(15)24/h11-16,19-24H,1-10H2. The van der Waals surface area contributed by atoms with Crippen LogP contribution in [0.4, 0.5) is 5.82 Å². The number of amides is 2. The molecule has 0 spiro atoms. The molecule has 8 heteroatoms. The van der Waals surface area contributed by atoms with E-state index in [2.05, 4.69) is 19.8 Å². The summed E-state index contributed by atoms with van der Waals surface area (Å²) in [5.41, 5.74) is 0. The van der Waals surface area contributed by atoms with E-state index < -0.39 is 0 Å². The fraction of sp³-hybridized carbons (Fsp3) is 0.769. The monoisotopic (exact) mass is 481 g/mol. The van der Waals surface area contributed by atoms with Crippen molar-refractivity contribution in [1.29, 1.82) is 0 Å². The first kappa shape index (κ1) is 20.5. The first-order chi connectivity index (χ1) is 16.6. The smallest absolute Gasteiger partial charge is 0.232 e. The number of anilines is 1. The number of nitrogens with zero attached hydrogens (tertiary/aromatic N) is 5. The lowest BCUT2D eigenvalue weighted by Gasteiger charge is -2.35. The average Bonchev–Trinajstić information content (AvgIpc) is 3.29. The molecule has 8 bridgehead atoms. The molecule has 1 aromatic heterocycles. The minimum Gasteiger partial charge on any atom is -0.353 e. The molecule has 0 aromatic carbocycles. The molecule has 34 heavy (non-hydrogen) atoms. The summed E-state index contributed by atoms with van der Waals surface area (Å²) in [5.74, 6) is 7.98. The Morgan fingerprint density at radius 2 is 1.41 bits per heavy atom. The highest BCUT2D eigenvalue weighted by Crippen LogP contribution is 2.86. The largest absolute Gasteiger partial charge is 0.353 e. The molecular weight excluding hydrogens is 450 g/mol. The van der Waals surface area contributed by atoms with Crippen molar-refractivity contribution in [2.45, 2.75) is 25.7 Å². The van der Waals surface area contributed by atoms with Gasteiger partial charge in [-0.3, -0.25) is 24.4 Å². The zero-order valence-electron chi connectivity index (χ0n) is 19.4. The fourth-order valence-electron chi connectivity index (χ4n) is 10.1. The second kappa shape index (κ2) is 7.16. The van der Waals surface area contributed by atoms with Crippen molar-refractivity contribution in [3.05, 3.63) is 17.5 Å². The van der Waals surface area contributed by atoms with Crippen molar-refractivity contribution in [2.75, 3.05) is 44.2 Å². The van der Waals surface area contributed by atoms with Crippen LogP contribution < -0.4 is 4.90 Å². The molecule has 2 amide bonds. The van der Waals surface area contributed by atoms with Crippen LogP contribution in [-0.4, -0.2) is 70.9 Å². The molecule has 7 nitrogen and oxygen atoms in total. The van der Waals surface area contributed by atoms with Crippen LogP contribution in [0.3, 0.4) is 0 Å². The van der Waals surface area contributed by atoms with E-state index >= 15 is 0 Å².